The molecular weight excluding hydrogens is 288 g/mol. The van der Waals surface area contributed by atoms with Crippen LogP contribution in [0.5, 0.6) is 0 Å². The number of nitrogens with two attached hydrogens (primary N) is 1. The Bertz CT molecular complexity index is 447. The smallest absolute Gasteiger partial charge is 0.233 e. The molecule has 1 saturated heterocycles. The zero-order chi connectivity index (χ0) is 16.9. The van der Waals surface area contributed by atoms with Gasteiger partial charge in [0, 0.05) is 13.7 Å². The Labute approximate surface area is 141 Å². The quantitative estimate of drug-likeness (QED) is 0.578. The van der Waals surface area contributed by atoms with E-state index in [1.54, 1.807) is 7.11 Å². The molecule has 1 heterocycles. The number of hydrogen-bond acceptors (Lipinski definition) is 3. The number of hydrogen-bond donors (Lipinski definition) is 1. The van der Waals surface area contributed by atoms with E-state index in [9.17, 15) is 4.79 Å². The first-order valence-corrected chi connectivity index (χ1v) is 9.23. The van der Waals surface area contributed by atoms with Crippen LogP contribution < -0.4 is 5.73 Å². The van der Waals surface area contributed by atoms with Crippen molar-refractivity contribution in [1.82, 2.24) is 4.90 Å². The molecule has 0 aromatic rings. The molecule has 0 bridgehead atoms. The van der Waals surface area contributed by atoms with Gasteiger partial charge in [0.15, 0.2) is 0 Å². The fourth-order valence-corrected chi connectivity index (χ4v) is 4.44. The summed E-state index contributed by atoms with van der Waals surface area (Å²) < 4.78 is 5.35. The second kappa shape index (κ2) is 8.29. The van der Waals surface area contributed by atoms with E-state index in [2.05, 4.69) is 18.7 Å². The Morgan fingerprint density at radius 1 is 1.35 bits per heavy atom. The Morgan fingerprint density at radius 3 is 2.83 bits per heavy atom. The molecule has 2 aliphatic rings. The van der Waals surface area contributed by atoms with Gasteiger partial charge in [0.2, 0.25) is 5.91 Å². The predicted octanol–water partition coefficient (Wildman–Crippen LogP) is 3.26. The number of amides is 1. The molecule has 2 rings (SSSR count). The fourth-order valence-electron chi connectivity index (χ4n) is 4.44. The lowest BCUT2D eigenvalue weighted by Gasteiger charge is -2.42. The van der Waals surface area contributed by atoms with E-state index in [1.807, 2.05) is 0 Å². The van der Waals surface area contributed by atoms with Gasteiger partial charge in [0.1, 0.15) is 0 Å². The van der Waals surface area contributed by atoms with Gasteiger partial charge in [-0.05, 0) is 65.3 Å². The summed E-state index contributed by atoms with van der Waals surface area (Å²) in [6, 6.07) is 0.258. The van der Waals surface area contributed by atoms with Crippen molar-refractivity contribution in [1.29, 1.82) is 0 Å². The van der Waals surface area contributed by atoms with Gasteiger partial charge in [0.25, 0.3) is 0 Å². The molecule has 132 valence electrons. The van der Waals surface area contributed by atoms with E-state index >= 15 is 0 Å². The third kappa shape index (κ3) is 3.80. The SMILES string of the molecule is COC[C@@H]1CCCN1C(=O)[C@@]1(CCCCN)CCCC(C)=C1C. The number of carbonyl (C=O) groups excluding carboxylic acids is 1. The first-order valence-electron chi connectivity index (χ1n) is 9.23. The van der Waals surface area contributed by atoms with Gasteiger partial charge in [-0.25, -0.2) is 0 Å². The number of rotatable bonds is 7. The van der Waals surface area contributed by atoms with Crippen LogP contribution in [0.25, 0.3) is 0 Å². The van der Waals surface area contributed by atoms with E-state index in [0.717, 1.165) is 57.9 Å². The molecule has 1 aliphatic carbocycles. The van der Waals surface area contributed by atoms with Crippen molar-refractivity contribution >= 4 is 5.91 Å². The molecule has 1 fully saturated rings. The first-order chi connectivity index (χ1) is 11.1. The molecule has 1 aliphatic heterocycles. The van der Waals surface area contributed by atoms with Crippen LogP contribution in [0.4, 0.5) is 0 Å². The van der Waals surface area contributed by atoms with Crippen molar-refractivity contribution in [2.75, 3.05) is 26.8 Å². The van der Waals surface area contributed by atoms with Gasteiger partial charge in [-0.1, -0.05) is 17.6 Å². The lowest BCUT2D eigenvalue weighted by atomic mass is 9.66. The highest BCUT2D eigenvalue weighted by Crippen LogP contribution is 2.46. The summed E-state index contributed by atoms with van der Waals surface area (Å²) in [5.41, 5.74) is 8.15. The minimum atomic E-state index is -0.284. The van der Waals surface area contributed by atoms with Crippen molar-refractivity contribution in [3.8, 4) is 0 Å². The van der Waals surface area contributed by atoms with E-state index in [-0.39, 0.29) is 11.5 Å². The Balaban J connectivity index is 2.26. The number of likely N-dealkylation sites (tertiary alicyclic amines) is 1. The summed E-state index contributed by atoms with van der Waals surface area (Å²) in [6.07, 6.45) is 8.41. The first kappa shape index (κ1) is 18.5. The zero-order valence-electron chi connectivity index (χ0n) is 15.2. The fraction of sp³-hybridized carbons (Fsp3) is 0.842. The molecule has 1 amide bonds. The summed E-state index contributed by atoms with van der Waals surface area (Å²) in [5, 5.41) is 0. The summed E-state index contributed by atoms with van der Waals surface area (Å²) in [5.74, 6) is 0.352. The molecule has 2 N–H and O–H groups in total. The summed E-state index contributed by atoms with van der Waals surface area (Å²) >= 11 is 0. The van der Waals surface area contributed by atoms with Gasteiger partial charge < -0.3 is 15.4 Å². The van der Waals surface area contributed by atoms with Gasteiger partial charge in [-0.3, -0.25) is 4.79 Å². The van der Waals surface area contributed by atoms with Crippen LogP contribution in [0, 0.1) is 5.41 Å². The summed E-state index contributed by atoms with van der Waals surface area (Å²) in [4.78, 5) is 15.7. The van der Waals surface area contributed by atoms with Crippen molar-refractivity contribution in [2.45, 2.75) is 71.3 Å². The number of carbonyl (C=O) groups is 1. The highest BCUT2D eigenvalue weighted by molar-refractivity contribution is 5.86. The zero-order valence-corrected chi connectivity index (χ0v) is 15.2. The number of ether oxygens (including phenoxy) is 1. The van der Waals surface area contributed by atoms with Crippen LogP contribution in [0.15, 0.2) is 11.1 Å². The standard InChI is InChI=1S/C19H34N2O2/c1-15-8-6-11-19(16(15)2,10-4-5-12-20)18(22)21-13-7-9-17(21)14-23-3/h17H,4-14,20H2,1-3H3/t17-,19-/m0/s1. The van der Waals surface area contributed by atoms with E-state index < -0.39 is 0 Å². The van der Waals surface area contributed by atoms with Crippen LogP contribution in [0.3, 0.4) is 0 Å². The maximum atomic E-state index is 13.6. The lowest BCUT2D eigenvalue weighted by molar-refractivity contribution is -0.143. The van der Waals surface area contributed by atoms with Gasteiger partial charge in [-0.2, -0.15) is 0 Å². The monoisotopic (exact) mass is 322 g/mol. The molecule has 4 heteroatoms. The van der Waals surface area contributed by atoms with E-state index in [4.69, 9.17) is 10.5 Å². The molecule has 0 aromatic heterocycles. The summed E-state index contributed by atoms with van der Waals surface area (Å²) in [6.45, 7) is 6.65. The van der Waals surface area contributed by atoms with Crippen molar-refractivity contribution in [3.05, 3.63) is 11.1 Å². The number of unbranched alkanes of at least 4 members (excludes halogenated alkanes) is 1. The highest BCUT2D eigenvalue weighted by atomic mass is 16.5. The maximum absolute atomic E-state index is 13.6. The van der Waals surface area contributed by atoms with E-state index in [1.165, 1.54) is 11.1 Å². The highest BCUT2D eigenvalue weighted by Gasteiger charge is 2.46. The van der Waals surface area contributed by atoms with Crippen LogP contribution >= 0.6 is 0 Å². The van der Waals surface area contributed by atoms with Crippen molar-refractivity contribution < 1.29 is 9.53 Å². The van der Waals surface area contributed by atoms with Gasteiger partial charge in [0.05, 0.1) is 18.1 Å². The number of nitrogens with zero attached hydrogens (tertiary/aromatic N) is 1. The molecule has 23 heavy (non-hydrogen) atoms. The molecule has 0 spiro atoms. The predicted molar refractivity (Wildman–Crippen MR) is 94.2 cm³/mol. The van der Waals surface area contributed by atoms with Crippen LogP contribution in [-0.4, -0.2) is 43.7 Å². The Hall–Kier alpha value is -0.870. The number of allylic oxidation sites excluding steroid dienone is 1. The molecule has 0 saturated carbocycles. The molecule has 0 unspecified atom stereocenters. The Morgan fingerprint density at radius 2 is 2.13 bits per heavy atom. The number of methoxy groups -OCH3 is 1. The van der Waals surface area contributed by atoms with Gasteiger partial charge in [-0.15, -0.1) is 0 Å². The topological polar surface area (TPSA) is 55.6 Å². The second-order valence-corrected chi connectivity index (χ2v) is 7.34. The largest absolute Gasteiger partial charge is 0.383 e. The summed E-state index contributed by atoms with van der Waals surface area (Å²) in [7, 11) is 1.73. The molecule has 2 atom stereocenters. The van der Waals surface area contributed by atoms with Crippen molar-refractivity contribution in [3.63, 3.8) is 0 Å². The molecule has 0 radical (unpaired) electrons. The van der Waals surface area contributed by atoms with Gasteiger partial charge >= 0.3 is 0 Å². The molecule has 4 nitrogen and oxygen atoms in total. The minimum Gasteiger partial charge on any atom is -0.383 e. The molecular formula is C19H34N2O2. The van der Waals surface area contributed by atoms with Crippen LogP contribution in [0.2, 0.25) is 0 Å². The lowest BCUT2D eigenvalue weighted by Crippen LogP contribution is -2.49. The van der Waals surface area contributed by atoms with Crippen molar-refractivity contribution in [2.24, 2.45) is 11.1 Å². The normalized spacial score (nSPS) is 28.5. The molecule has 0 aromatic carbocycles. The third-order valence-corrected chi connectivity index (χ3v) is 5.98. The maximum Gasteiger partial charge on any atom is 0.233 e. The minimum absolute atomic E-state index is 0.258. The average Bonchev–Trinajstić information content (AvgIpc) is 2.99. The van der Waals surface area contributed by atoms with Crippen LogP contribution in [0.1, 0.15) is 65.2 Å². The van der Waals surface area contributed by atoms with Crippen LogP contribution in [-0.2, 0) is 9.53 Å². The average molecular weight is 322 g/mol. The second-order valence-electron chi connectivity index (χ2n) is 7.34. The van der Waals surface area contributed by atoms with E-state index in [0.29, 0.717) is 19.1 Å². The third-order valence-electron chi connectivity index (χ3n) is 5.98. The Kier molecular flexibility index (Phi) is 6.66.